The lowest BCUT2D eigenvalue weighted by atomic mass is 10.1. The molecule has 1 aromatic heterocycles. The Labute approximate surface area is 137 Å². The van der Waals surface area contributed by atoms with Gasteiger partial charge in [-0.1, -0.05) is 18.2 Å². The van der Waals surface area contributed by atoms with Crippen molar-refractivity contribution >= 4 is 24.0 Å². The van der Waals surface area contributed by atoms with Crippen molar-refractivity contribution in [3.63, 3.8) is 0 Å². The highest BCUT2D eigenvalue weighted by molar-refractivity contribution is 6.35. The lowest BCUT2D eigenvalue weighted by molar-refractivity contribution is -0.139. The van der Waals surface area contributed by atoms with E-state index in [1.165, 1.54) is 30.5 Å². The molecule has 2 rings (SSSR count). The van der Waals surface area contributed by atoms with E-state index in [4.69, 9.17) is 5.11 Å². The van der Waals surface area contributed by atoms with Gasteiger partial charge in [-0.05, 0) is 29.8 Å². The van der Waals surface area contributed by atoms with Crippen molar-refractivity contribution in [2.75, 3.05) is 0 Å². The van der Waals surface area contributed by atoms with E-state index in [1.807, 2.05) is 0 Å². The number of carbonyl (C=O) groups excluding carboxylic acids is 2. The summed E-state index contributed by atoms with van der Waals surface area (Å²) in [5, 5.41) is 14.8. The van der Waals surface area contributed by atoms with Crippen LogP contribution in [0.4, 0.5) is 0 Å². The first-order chi connectivity index (χ1) is 11.6. The number of nitrogens with one attached hydrogen (secondary N) is 2. The molecule has 0 bridgehead atoms. The van der Waals surface area contributed by atoms with Crippen LogP contribution in [0, 0.1) is 0 Å². The minimum Gasteiger partial charge on any atom is -0.478 e. The van der Waals surface area contributed by atoms with Gasteiger partial charge >= 0.3 is 17.8 Å². The van der Waals surface area contributed by atoms with Crippen LogP contribution in [-0.4, -0.2) is 34.1 Å². The van der Waals surface area contributed by atoms with Gasteiger partial charge in [0.2, 0.25) is 0 Å². The lowest BCUT2D eigenvalue weighted by Crippen LogP contribution is -2.37. The average molecular weight is 326 g/mol. The Morgan fingerprint density at radius 3 is 2.46 bits per heavy atom. The molecule has 8 heteroatoms. The van der Waals surface area contributed by atoms with Crippen molar-refractivity contribution in [3.05, 3.63) is 65.5 Å². The third-order valence-corrected chi connectivity index (χ3v) is 2.90. The van der Waals surface area contributed by atoms with Crippen LogP contribution in [0.5, 0.6) is 0 Å². The van der Waals surface area contributed by atoms with E-state index in [1.54, 1.807) is 24.4 Å². The van der Waals surface area contributed by atoms with Crippen LogP contribution in [0.1, 0.15) is 21.6 Å². The predicted octanol–water partition coefficient (Wildman–Crippen LogP) is 0.546. The molecule has 0 saturated carbocycles. The second-order valence-electron chi connectivity index (χ2n) is 4.63. The molecule has 0 radical (unpaired) electrons. The molecule has 0 aliphatic heterocycles. The third-order valence-electron chi connectivity index (χ3n) is 2.90. The fraction of sp³-hybridized carbons (Fsp3) is 0.0625. The predicted molar refractivity (Wildman–Crippen MR) is 85.2 cm³/mol. The quantitative estimate of drug-likeness (QED) is 0.421. The highest BCUT2D eigenvalue weighted by atomic mass is 16.4. The highest BCUT2D eigenvalue weighted by Gasteiger charge is 2.12. The molecule has 0 aliphatic rings. The summed E-state index contributed by atoms with van der Waals surface area (Å²) in [6.45, 7) is 0.132. The van der Waals surface area contributed by atoms with Crippen molar-refractivity contribution in [1.82, 2.24) is 15.7 Å². The molecule has 0 aliphatic carbocycles. The molecule has 0 spiro atoms. The zero-order valence-electron chi connectivity index (χ0n) is 12.5. The van der Waals surface area contributed by atoms with Crippen molar-refractivity contribution in [2.45, 2.75) is 6.54 Å². The average Bonchev–Trinajstić information content (AvgIpc) is 2.61. The molecule has 0 fully saturated rings. The lowest BCUT2D eigenvalue weighted by Gasteiger charge is -2.03. The van der Waals surface area contributed by atoms with Gasteiger partial charge in [-0.25, -0.2) is 10.2 Å². The van der Waals surface area contributed by atoms with E-state index in [-0.39, 0.29) is 12.1 Å². The molecule has 0 atom stereocenters. The number of rotatable bonds is 5. The molecule has 8 nitrogen and oxygen atoms in total. The van der Waals surface area contributed by atoms with Crippen LogP contribution in [0.15, 0.2) is 53.8 Å². The van der Waals surface area contributed by atoms with E-state index in [2.05, 4.69) is 20.8 Å². The normalized spacial score (nSPS) is 10.3. The fourth-order valence-corrected chi connectivity index (χ4v) is 1.68. The molecule has 0 saturated heterocycles. The number of amides is 2. The monoisotopic (exact) mass is 326 g/mol. The first kappa shape index (κ1) is 16.8. The molecule has 122 valence electrons. The molecule has 0 unspecified atom stereocenters. The number of hydrogen-bond acceptors (Lipinski definition) is 5. The summed E-state index contributed by atoms with van der Waals surface area (Å²) < 4.78 is 0. The van der Waals surface area contributed by atoms with Crippen LogP contribution in [0.2, 0.25) is 0 Å². The van der Waals surface area contributed by atoms with Crippen molar-refractivity contribution < 1.29 is 19.5 Å². The van der Waals surface area contributed by atoms with Gasteiger partial charge in [0, 0.05) is 6.20 Å². The largest absolute Gasteiger partial charge is 0.478 e. The fourth-order valence-electron chi connectivity index (χ4n) is 1.68. The Morgan fingerprint density at radius 1 is 1.08 bits per heavy atom. The number of aromatic carboxylic acids is 1. The Morgan fingerprint density at radius 2 is 1.83 bits per heavy atom. The van der Waals surface area contributed by atoms with Crippen molar-refractivity contribution in [3.8, 4) is 0 Å². The summed E-state index contributed by atoms with van der Waals surface area (Å²) in [5.41, 5.74) is 3.43. The summed E-state index contributed by atoms with van der Waals surface area (Å²) in [6, 6.07) is 11.1. The van der Waals surface area contributed by atoms with Crippen molar-refractivity contribution in [2.24, 2.45) is 5.10 Å². The first-order valence-corrected chi connectivity index (χ1v) is 6.91. The molecule has 1 aromatic carbocycles. The number of carboxylic acid groups (broad SMARTS) is 1. The molecule has 2 aromatic rings. The second kappa shape index (κ2) is 8.18. The van der Waals surface area contributed by atoms with E-state index < -0.39 is 17.8 Å². The molecule has 2 amide bonds. The topological polar surface area (TPSA) is 121 Å². The van der Waals surface area contributed by atoms with Gasteiger partial charge < -0.3 is 10.4 Å². The first-order valence-electron chi connectivity index (χ1n) is 6.91. The molecular formula is C16H14N4O4. The number of pyridine rings is 1. The highest BCUT2D eigenvalue weighted by Crippen LogP contribution is 2.02. The Kier molecular flexibility index (Phi) is 5.73. The summed E-state index contributed by atoms with van der Waals surface area (Å²) >= 11 is 0. The Bertz CT molecular complexity index is 757. The zero-order valence-corrected chi connectivity index (χ0v) is 12.5. The van der Waals surface area contributed by atoms with Crippen LogP contribution < -0.4 is 10.7 Å². The summed E-state index contributed by atoms with van der Waals surface area (Å²) in [4.78, 5) is 37.9. The third kappa shape index (κ3) is 5.02. The van der Waals surface area contributed by atoms with Gasteiger partial charge in [-0.15, -0.1) is 0 Å². The Balaban J connectivity index is 1.81. The number of carboxylic acids is 1. The maximum Gasteiger partial charge on any atom is 0.335 e. The number of benzene rings is 1. The summed E-state index contributed by atoms with van der Waals surface area (Å²) in [7, 11) is 0. The molecule has 3 N–H and O–H groups in total. The van der Waals surface area contributed by atoms with Gasteiger partial charge in [0.25, 0.3) is 0 Å². The number of carbonyl (C=O) groups is 3. The van der Waals surface area contributed by atoms with Gasteiger partial charge in [0.1, 0.15) is 0 Å². The molecular weight excluding hydrogens is 312 g/mol. The maximum absolute atomic E-state index is 11.6. The summed E-state index contributed by atoms with van der Waals surface area (Å²) in [5.74, 6) is -2.78. The second-order valence-corrected chi connectivity index (χ2v) is 4.63. The number of aromatic nitrogens is 1. The summed E-state index contributed by atoms with van der Waals surface area (Å²) in [6.07, 6.45) is 2.89. The smallest absolute Gasteiger partial charge is 0.335 e. The number of hydrazone groups is 1. The molecule has 24 heavy (non-hydrogen) atoms. The minimum absolute atomic E-state index is 0.132. The maximum atomic E-state index is 11.6. The zero-order chi connectivity index (χ0) is 17.4. The Hall–Kier alpha value is -3.55. The van der Waals surface area contributed by atoms with Crippen LogP contribution in [0.25, 0.3) is 0 Å². The standard InChI is InChI=1S/C16H14N4O4/c21-14(18-10-13-3-1-2-8-17-13)15(22)20-19-9-11-4-6-12(7-5-11)16(23)24/h1-9H,10H2,(H,18,21)(H,20,22)(H,23,24)/b19-9+. The van der Waals surface area contributed by atoms with E-state index in [0.717, 1.165) is 0 Å². The van der Waals surface area contributed by atoms with Crippen LogP contribution in [-0.2, 0) is 16.1 Å². The number of hydrogen-bond donors (Lipinski definition) is 3. The van der Waals surface area contributed by atoms with E-state index >= 15 is 0 Å². The van der Waals surface area contributed by atoms with Gasteiger partial charge in [-0.3, -0.25) is 14.6 Å². The van der Waals surface area contributed by atoms with Crippen LogP contribution >= 0.6 is 0 Å². The van der Waals surface area contributed by atoms with Crippen molar-refractivity contribution in [1.29, 1.82) is 0 Å². The minimum atomic E-state index is -1.03. The number of nitrogens with zero attached hydrogens (tertiary/aromatic N) is 2. The van der Waals surface area contributed by atoms with Gasteiger partial charge in [-0.2, -0.15) is 5.10 Å². The van der Waals surface area contributed by atoms with E-state index in [9.17, 15) is 14.4 Å². The SMILES string of the molecule is O=C(NCc1ccccn1)C(=O)N/N=C/c1ccc(C(=O)O)cc1. The molecule has 1 heterocycles. The van der Waals surface area contributed by atoms with Gasteiger partial charge in [0.15, 0.2) is 0 Å². The van der Waals surface area contributed by atoms with E-state index in [0.29, 0.717) is 11.3 Å². The van der Waals surface area contributed by atoms with Gasteiger partial charge in [0.05, 0.1) is 24.0 Å². The van der Waals surface area contributed by atoms with Crippen LogP contribution in [0.3, 0.4) is 0 Å².